The fourth-order valence-electron chi connectivity index (χ4n) is 2.24. The van der Waals surface area contributed by atoms with Crippen LogP contribution in [0.5, 0.6) is 0 Å². The van der Waals surface area contributed by atoms with Gasteiger partial charge in [0.1, 0.15) is 5.15 Å². The van der Waals surface area contributed by atoms with Crippen LogP contribution < -0.4 is 0 Å². The maximum atomic E-state index is 6.26. The molecule has 0 fully saturated rings. The Kier molecular flexibility index (Phi) is 2.99. The molecule has 96 valence electrons. The topological polar surface area (TPSA) is 30.7 Å². The molecule has 0 aliphatic carbocycles. The quantitative estimate of drug-likeness (QED) is 0.665. The predicted octanol–water partition coefficient (Wildman–Crippen LogP) is 3.75. The zero-order chi connectivity index (χ0) is 13.4. The van der Waals surface area contributed by atoms with E-state index in [4.69, 9.17) is 11.6 Å². The lowest BCUT2D eigenvalue weighted by Gasteiger charge is -2.08. The number of para-hydroxylation sites is 1. The third kappa shape index (κ3) is 2.34. The minimum Gasteiger partial charge on any atom is -0.265 e. The summed E-state index contributed by atoms with van der Waals surface area (Å²) in [5, 5.41) is 6.10. The van der Waals surface area contributed by atoms with Crippen molar-refractivity contribution in [3.63, 3.8) is 0 Å². The first-order chi connectivity index (χ1) is 9.13. The van der Waals surface area contributed by atoms with Gasteiger partial charge in [0, 0.05) is 16.6 Å². The SMILES string of the molecule is Cc1cc(C)n(Cc2cc3ccccc3nc2Cl)n1. The Morgan fingerprint density at radius 2 is 1.95 bits per heavy atom. The van der Waals surface area contributed by atoms with E-state index in [1.54, 1.807) is 0 Å². The molecule has 2 aromatic heterocycles. The number of halogens is 1. The predicted molar refractivity (Wildman–Crippen MR) is 77.6 cm³/mol. The molecule has 0 aliphatic heterocycles. The summed E-state index contributed by atoms with van der Waals surface area (Å²) >= 11 is 6.26. The molecule has 4 heteroatoms. The van der Waals surface area contributed by atoms with Gasteiger partial charge in [-0.25, -0.2) is 4.98 Å². The molecule has 0 aliphatic rings. The number of hydrogen-bond donors (Lipinski definition) is 0. The summed E-state index contributed by atoms with van der Waals surface area (Å²) in [6.45, 7) is 4.68. The van der Waals surface area contributed by atoms with Crippen LogP contribution in [0.1, 0.15) is 17.0 Å². The fraction of sp³-hybridized carbons (Fsp3) is 0.200. The van der Waals surface area contributed by atoms with E-state index in [1.807, 2.05) is 42.8 Å². The third-order valence-corrected chi connectivity index (χ3v) is 3.50. The molecule has 3 nitrogen and oxygen atoms in total. The lowest BCUT2D eigenvalue weighted by molar-refractivity contribution is 0.658. The Labute approximate surface area is 116 Å². The van der Waals surface area contributed by atoms with Gasteiger partial charge in [0.15, 0.2) is 0 Å². The van der Waals surface area contributed by atoms with Gasteiger partial charge in [0.25, 0.3) is 0 Å². The molecule has 3 aromatic rings. The van der Waals surface area contributed by atoms with E-state index in [-0.39, 0.29) is 0 Å². The highest BCUT2D eigenvalue weighted by Gasteiger charge is 2.08. The highest BCUT2D eigenvalue weighted by molar-refractivity contribution is 6.30. The molecule has 3 rings (SSSR count). The number of hydrogen-bond acceptors (Lipinski definition) is 2. The van der Waals surface area contributed by atoms with Gasteiger partial charge in [-0.3, -0.25) is 4.68 Å². The van der Waals surface area contributed by atoms with Crippen molar-refractivity contribution in [1.29, 1.82) is 0 Å². The molecule has 0 bridgehead atoms. The van der Waals surface area contributed by atoms with Crippen LogP contribution in [0.15, 0.2) is 36.4 Å². The summed E-state index contributed by atoms with van der Waals surface area (Å²) in [6, 6.07) is 12.1. The summed E-state index contributed by atoms with van der Waals surface area (Å²) in [6.07, 6.45) is 0. The molecule has 19 heavy (non-hydrogen) atoms. The fourth-order valence-corrected chi connectivity index (χ4v) is 2.45. The average molecular weight is 272 g/mol. The van der Waals surface area contributed by atoms with Crippen LogP contribution >= 0.6 is 11.6 Å². The second-order valence-electron chi connectivity index (χ2n) is 4.72. The number of fused-ring (bicyclic) bond motifs is 1. The van der Waals surface area contributed by atoms with Crippen LogP contribution in [-0.2, 0) is 6.54 Å². The largest absolute Gasteiger partial charge is 0.265 e. The molecule has 0 amide bonds. The first-order valence-corrected chi connectivity index (χ1v) is 6.56. The smallest absolute Gasteiger partial charge is 0.134 e. The molecule has 0 N–H and O–H groups in total. The van der Waals surface area contributed by atoms with Crippen LogP contribution in [0.2, 0.25) is 5.15 Å². The second kappa shape index (κ2) is 4.67. The Hall–Kier alpha value is -1.87. The van der Waals surface area contributed by atoms with Gasteiger partial charge in [0.05, 0.1) is 17.8 Å². The van der Waals surface area contributed by atoms with Gasteiger partial charge in [0.2, 0.25) is 0 Å². The van der Waals surface area contributed by atoms with Crippen molar-refractivity contribution in [3.05, 3.63) is 58.5 Å². The van der Waals surface area contributed by atoms with E-state index in [9.17, 15) is 0 Å². The third-order valence-electron chi connectivity index (χ3n) is 3.17. The normalized spacial score (nSPS) is 11.1. The number of nitrogens with zero attached hydrogens (tertiary/aromatic N) is 3. The monoisotopic (exact) mass is 271 g/mol. The van der Waals surface area contributed by atoms with Crippen LogP contribution in [-0.4, -0.2) is 14.8 Å². The van der Waals surface area contributed by atoms with Gasteiger partial charge in [-0.15, -0.1) is 0 Å². The molecule has 0 saturated carbocycles. The summed E-state index contributed by atoms with van der Waals surface area (Å²) in [5.41, 5.74) is 4.06. The molecular formula is C15H14ClN3. The summed E-state index contributed by atoms with van der Waals surface area (Å²) < 4.78 is 1.95. The maximum absolute atomic E-state index is 6.26. The molecule has 1 aromatic carbocycles. The summed E-state index contributed by atoms with van der Waals surface area (Å²) in [5.74, 6) is 0. The molecule has 0 spiro atoms. The minimum absolute atomic E-state index is 0.547. The van der Waals surface area contributed by atoms with Crippen molar-refractivity contribution in [2.24, 2.45) is 0 Å². The summed E-state index contributed by atoms with van der Waals surface area (Å²) in [4.78, 5) is 4.43. The molecule has 0 atom stereocenters. The Morgan fingerprint density at radius 1 is 1.16 bits per heavy atom. The zero-order valence-corrected chi connectivity index (χ0v) is 11.6. The summed E-state index contributed by atoms with van der Waals surface area (Å²) in [7, 11) is 0. The van der Waals surface area contributed by atoms with Crippen LogP contribution in [0.25, 0.3) is 10.9 Å². The number of aryl methyl sites for hydroxylation is 2. The van der Waals surface area contributed by atoms with Gasteiger partial charge in [-0.2, -0.15) is 5.10 Å². The zero-order valence-electron chi connectivity index (χ0n) is 10.9. The number of pyridine rings is 1. The van der Waals surface area contributed by atoms with E-state index in [1.165, 1.54) is 0 Å². The van der Waals surface area contributed by atoms with E-state index < -0.39 is 0 Å². The Balaban J connectivity index is 2.05. The van der Waals surface area contributed by atoms with Crippen molar-refractivity contribution < 1.29 is 0 Å². The number of aromatic nitrogens is 3. The molecular weight excluding hydrogens is 258 g/mol. The Bertz CT molecular complexity index is 746. The first kappa shape index (κ1) is 12.2. The molecule has 0 unspecified atom stereocenters. The van der Waals surface area contributed by atoms with Gasteiger partial charge in [-0.05, 0) is 32.0 Å². The van der Waals surface area contributed by atoms with Crippen LogP contribution in [0.3, 0.4) is 0 Å². The van der Waals surface area contributed by atoms with Gasteiger partial charge in [-0.1, -0.05) is 29.8 Å². The van der Waals surface area contributed by atoms with Crippen molar-refractivity contribution in [2.45, 2.75) is 20.4 Å². The minimum atomic E-state index is 0.547. The highest BCUT2D eigenvalue weighted by Crippen LogP contribution is 2.21. The van der Waals surface area contributed by atoms with Gasteiger partial charge >= 0.3 is 0 Å². The maximum Gasteiger partial charge on any atom is 0.134 e. The van der Waals surface area contributed by atoms with Crippen LogP contribution in [0.4, 0.5) is 0 Å². The number of rotatable bonds is 2. The van der Waals surface area contributed by atoms with Crippen molar-refractivity contribution in [3.8, 4) is 0 Å². The van der Waals surface area contributed by atoms with Crippen LogP contribution in [0, 0.1) is 13.8 Å². The highest BCUT2D eigenvalue weighted by atomic mass is 35.5. The average Bonchev–Trinajstić information content (AvgIpc) is 2.69. The lowest BCUT2D eigenvalue weighted by atomic mass is 10.1. The van der Waals surface area contributed by atoms with E-state index in [0.717, 1.165) is 27.9 Å². The van der Waals surface area contributed by atoms with Crippen molar-refractivity contribution in [2.75, 3.05) is 0 Å². The molecule has 2 heterocycles. The lowest BCUT2D eigenvalue weighted by Crippen LogP contribution is -2.05. The second-order valence-corrected chi connectivity index (χ2v) is 5.07. The Morgan fingerprint density at radius 3 is 2.68 bits per heavy atom. The number of benzene rings is 1. The standard InChI is InChI=1S/C15H14ClN3/c1-10-7-11(2)19(18-10)9-13-8-12-5-3-4-6-14(12)17-15(13)16/h3-8H,9H2,1-2H3. The van der Waals surface area contributed by atoms with E-state index in [0.29, 0.717) is 11.7 Å². The van der Waals surface area contributed by atoms with Gasteiger partial charge < -0.3 is 0 Å². The van der Waals surface area contributed by atoms with Crippen molar-refractivity contribution in [1.82, 2.24) is 14.8 Å². The van der Waals surface area contributed by atoms with E-state index in [2.05, 4.69) is 22.2 Å². The van der Waals surface area contributed by atoms with Crippen molar-refractivity contribution >= 4 is 22.5 Å². The molecule has 0 saturated heterocycles. The van der Waals surface area contributed by atoms with E-state index >= 15 is 0 Å². The first-order valence-electron chi connectivity index (χ1n) is 6.19. The molecule has 0 radical (unpaired) electrons.